The van der Waals surface area contributed by atoms with Gasteiger partial charge in [-0.25, -0.2) is 4.39 Å². The summed E-state index contributed by atoms with van der Waals surface area (Å²) < 4.78 is 22.8. The standard InChI is InChI=1S/C30H31Cl3FN3O4/c31-30(32,33)29(39)35-27(19-22-5-2-1-3-6-22)28(38)37(21-23-9-11-24(34)12-10-23)25-7-4-8-26(20-25)41-18-15-36-13-16-40-17-14-36/h1-12,20,27H,13-19,21H2,(H,35,39)/t27-/m0/s1. The second kappa shape index (κ2) is 14.8. The minimum absolute atomic E-state index is 0.102. The molecule has 1 heterocycles. The Hall–Kier alpha value is -2.88. The molecular formula is C30H31Cl3FN3O4. The third kappa shape index (κ3) is 9.58. The van der Waals surface area contributed by atoms with Gasteiger partial charge in [0, 0.05) is 37.8 Å². The van der Waals surface area contributed by atoms with Crippen molar-refractivity contribution in [2.45, 2.75) is 22.8 Å². The maximum absolute atomic E-state index is 14.2. The largest absolute Gasteiger partial charge is 0.492 e. The van der Waals surface area contributed by atoms with E-state index < -0.39 is 21.6 Å². The summed E-state index contributed by atoms with van der Waals surface area (Å²) in [4.78, 5) is 30.6. The molecule has 1 atom stereocenters. The summed E-state index contributed by atoms with van der Waals surface area (Å²) in [6, 6.07) is 21.1. The number of rotatable bonds is 11. The van der Waals surface area contributed by atoms with E-state index in [4.69, 9.17) is 44.3 Å². The summed E-state index contributed by atoms with van der Waals surface area (Å²) in [5.74, 6) is -1.17. The third-order valence-electron chi connectivity index (χ3n) is 6.57. The highest BCUT2D eigenvalue weighted by Crippen LogP contribution is 2.28. The van der Waals surface area contributed by atoms with Crippen LogP contribution in [-0.2, 0) is 27.3 Å². The second-order valence-corrected chi connectivity index (χ2v) is 11.8. The molecule has 3 aromatic carbocycles. The van der Waals surface area contributed by atoms with E-state index in [9.17, 15) is 14.0 Å². The molecule has 0 spiro atoms. The van der Waals surface area contributed by atoms with E-state index in [1.54, 1.807) is 30.3 Å². The number of ether oxygens (including phenoxy) is 2. The van der Waals surface area contributed by atoms with Crippen molar-refractivity contribution < 1.29 is 23.5 Å². The van der Waals surface area contributed by atoms with Crippen LogP contribution >= 0.6 is 34.8 Å². The summed E-state index contributed by atoms with van der Waals surface area (Å²) in [6.07, 6.45) is 0.155. The molecule has 0 unspecified atom stereocenters. The molecule has 0 radical (unpaired) electrons. The molecule has 1 N–H and O–H groups in total. The Labute approximate surface area is 254 Å². The third-order valence-corrected chi connectivity index (χ3v) is 7.09. The van der Waals surface area contributed by atoms with Crippen LogP contribution in [0.3, 0.4) is 0 Å². The van der Waals surface area contributed by atoms with E-state index in [0.29, 0.717) is 36.8 Å². The first kappa shape index (κ1) is 31.1. The number of halogens is 4. The van der Waals surface area contributed by atoms with E-state index in [-0.39, 0.29) is 18.8 Å². The molecule has 1 aliphatic heterocycles. The number of anilines is 1. The molecule has 1 fully saturated rings. The van der Waals surface area contributed by atoms with Gasteiger partial charge in [-0.15, -0.1) is 0 Å². The number of carbonyl (C=O) groups excluding carboxylic acids is 2. The molecule has 0 bridgehead atoms. The summed E-state index contributed by atoms with van der Waals surface area (Å²) in [5.41, 5.74) is 2.02. The summed E-state index contributed by atoms with van der Waals surface area (Å²) in [5, 5.41) is 2.60. The SMILES string of the molecule is O=C([C@H](Cc1ccccc1)NC(=O)C(Cl)(Cl)Cl)N(Cc1ccc(F)cc1)c1cccc(OCCN2CCOCC2)c1. The van der Waals surface area contributed by atoms with Crippen LogP contribution in [0.15, 0.2) is 78.9 Å². The van der Waals surface area contributed by atoms with Gasteiger partial charge in [-0.05, 0) is 35.4 Å². The lowest BCUT2D eigenvalue weighted by atomic mass is 10.0. The van der Waals surface area contributed by atoms with Gasteiger partial charge in [0.15, 0.2) is 0 Å². The van der Waals surface area contributed by atoms with Crippen molar-refractivity contribution in [1.29, 1.82) is 0 Å². The van der Waals surface area contributed by atoms with Gasteiger partial charge < -0.3 is 19.7 Å². The van der Waals surface area contributed by atoms with E-state index in [2.05, 4.69) is 10.2 Å². The lowest BCUT2D eigenvalue weighted by Gasteiger charge is -2.29. The maximum atomic E-state index is 14.2. The zero-order chi connectivity index (χ0) is 29.2. The first-order valence-corrected chi connectivity index (χ1v) is 14.3. The van der Waals surface area contributed by atoms with Crippen molar-refractivity contribution in [3.8, 4) is 5.75 Å². The Kier molecular flexibility index (Phi) is 11.2. The number of carbonyl (C=O) groups is 2. The highest BCUT2D eigenvalue weighted by atomic mass is 35.6. The number of nitrogens with zero attached hydrogens (tertiary/aromatic N) is 2. The van der Waals surface area contributed by atoms with E-state index in [0.717, 1.165) is 25.2 Å². The van der Waals surface area contributed by atoms with Crippen LogP contribution in [-0.4, -0.2) is 66.0 Å². The Balaban J connectivity index is 1.60. The minimum Gasteiger partial charge on any atom is -0.492 e. The van der Waals surface area contributed by atoms with Gasteiger partial charge in [-0.1, -0.05) is 83.3 Å². The van der Waals surface area contributed by atoms with Crippen molar-refractivity contribution in [2.24, 2.45) is 0 Å². The second-order valence-electron chi connectivity index (χ2n) is 9.56. The summed E-state index contributed by atoms with van der Waals surface area (Å²) >= 11 is 17.5. The molecule has 0 saturated carbocycles. The Morgan fingerprint density at radius 2 is 1.68 bits per heavy atom. The van der Waals surface area contributed by atoms with Gasteiger partial charge in [0.25, 0.3) is 9.70 Å². The Morgan fingerprint density at radius 1 is 0.976 bits per heavy atom. The Bertz CT molecular complexity index is 1290. The van der Waals surface area contributed by atoms with Crippen molar-refractivity contribution >= 4 is 52.3 Å². The van der Waals surface area contributed by atoms with Crippen LogP contribution in [0.25, 0.3) is 0 Å². The highest BCUT2D eigenvalue weighted by molar-refractivity contribution is 6.76. The Morgan fingerprint density at radius 3 is 2.37 bits per heavy atom. The maximum Gasteiger partial charge on any atom is 0.272 e. The van der Waals surface area contributed by atoms with Gasteiger partial charge >= 0.3 is 0 Å². The van der Waals surface area contributed by atoms with E-state index in [1.807, 2.05) is 36.4 Å². The predicted octanol–water partition coefficient (Wildman–Crippen LogP) is 5.17. The molecule has 1 aliphatic rings. The molecular weight excluding hydrogens is 592 g/mol. The molecule has 41 heavy (non-hydrogen) atoms. The predicted molar refractivity (Wildman–Crippen MR) is 159 cm³/mol. The number of benzene rings is 3. The number of hydrogen-bond acceptors (Lipinski definition) is 5. The molecule has 1 saturated heterocycles. The minimum atomic E-state index is -2.26. The van der Waals surface area contributed by atoms with Gasteiger partial charge in [-0.2, -0.15) is 0 Å². The average molecular weight is 623 g/mol. The smallest absolute Gasteiger partial charge is 0.272 e. The molecule has 0 aromatic heterocycles. The number of nitrogens with one attached hydrogen (secondary N) is 1. The van der Waals surface area contributed by atoms with Crippen LogP contribution in [0.4, 0.5) is 10.1 Å². The van der Waals surface area contributed by atoms with Crippen LogP contribution < -0.4 is 15.0 Å². The fraction of sp³-hybridized carbons (Fsp3) is 0.333. The number of amides is 2. The van der Waals surface area contributed by atoms with Crippen molar-refractivity contribution in [1.82, 2.24) is 10.2 Å². The van der Waals surface area contributed by atoms with Crippen LogP contribution in [0.5, 0.6) is 5.75 Å². The zero-order valence-corrected chi connectivity index (χ0v) is 24.5. The molecule has 218 valence electrons. The summed E-state index contributed by atoms with van der Waals surface area (Å²) in [6.45, 7) is 4.42. The lowest BCUT2D eigenvalue weighted by molar-refractivity contribution is -0.127. The topological polar surface area (TPSA) is 71.1 Å². The first-order chi connectivity index (χ1) is 19.7. The van der Waals surface area contributed by atoms with Crippen molar-refractivity contribution in [3.05, 3.63) is 95.8 Å². The van der Waals surface area contributed by atoms with Gasteiger partial charge in [0.1, 0.15) is 24.2 Å². The molecule has 11 heteroatoms. The molecule has 0 aliphatic carbocycles. The van der Waals surface area contributed by atoms with Crippen LogP contribution in [0, 0.1) is 5.82 Å². The molecule has 4 rings (SSSR count). The first-order valence-electron chi connectivity index (χ1n) is 13.2. The quantitative estimate of drug-likeness (QED) is 0.299. The number of hydrogen-bond donors (Lipinski definition) is 1. The van der Waals surface area contributed by atoms with E-state index in [1.165, 1.54) is 17.0 Å². The van der Waals surface area contributed by atoms with Crippen molar-refractivity contribution in [2.75, 3.05) is 44.4 Å². The average Bonchev–Trinajstić information content (AvgIpc) is 2.97. The van der Waals surface area contributed by atoms with E-state index >= 15 is 0 Å². The van der Waals surface area contributed by atoms with Crippen molar-refractivity contribution in [3.63, 3.8) is 0 Å². The monoisotopic (exact) mass is 621 g/mol. The zero-order valence-electron chi connectivity index (χ0n) is 22.3. The van der Waals surface area contributed by atoms with Gasteiger partial charge in [0.2, 0.25) is 5.91 Å². The van der Waals surface area contributed by atoms with Gasteiger partial charge in [0.05, 0.1) is 19.8 Å². The molecule has 3 aromatic rings. The van der Waals surface area contributed by atoms with Gasteiger partial charge in [-0.3, -0.25) is 14.5 Å². The lowest BCUT2D eigenvalue weighted by Crippen LogP contribution is -2.52. The fourth-order valence-corrected chi connectivity index (χ4v) is 4.57. The normalized spacial score (nSPS) is 14.7. The molecule has 2 amide bonds. The van der Waals surface area contributed by atoms with Crippen LogP contribution in [0.1, 0.15) is 11.1 Å². The number of alkyl halides is 3. The highest BCUT2D eigenvalue weighted by Gasteiger charge is 2.36. The summed E-state index contributed by atoms with van der Waals surface area (Å²) in [7, 11) is 0. The van der Waals surface area contributed by atoms with Crippen LogP contribution in [0.2, 0.25) is 0 Å². The fourth-order valence-electron chi connectivity index (χ4n) is 4.41. The molecule has 7 nitrogen and oxygen atoms in total. The number of morpholine rings is 1.